The number of nitrogens with one attached hydrogen (secondary N) is 1. The molecule has 0 saturated heterocycles. The van der Waals surface area contributed by atoms with Crippen LogP contribution in [-0.2, 0) is 14.6 Å². The summed E-state index contributed by atoms with van der Waals surface area (Å²) in [6.45, 7) is 6.83. The van der Waals surface area contributed by atoms with Crippen LogP contribution in [0.25, 0.3) is 0 Å². The molecule has 0 saturated carbocycles. The molecule has 1 aromatic carbocycles. The van der Waals surface area contributed by atoms with E-state index in [1.807, 2.05) is 20.8 Å². The van der Waals surface area contributed by atoms with Crippen LogP contribution in [0.4, 0.5) is 14.5 Å². The molecule has 0 aliphatic heterocycles. The molecule has 0 aliphatic carbocycles. The molecule has 4 nitrogen and oxygen atoms in total. The van der Waals surface area contributed by atoms with Gasteiger partial charge in [0.2, 0.25) is 9.84 Å². The lowest BCUT2D eigenvalue weighted by atomic mass is 10.1. The van der Waals surface area contributed by atoms with Crippen LogP contribution in [-0.4, -0.2) is 32.9 Å². The van der Waals surface area contributed by atoms with Gasteiger partial charge in [-0.05, 0) is 45.0 Å². The van der Waals surface area contributed by atoms with Crippen LogP contribution in [0.5, 0.6) is 0 Å². The molecule has 1 aromatic rings. The van der Waals surface area contributed by atoms with Gasteiger partial charge >= 0.3 is 5.76 Å². The number of anilines is 1. The molecule has 0 radical (unpaired) electrons. The number of hydrogen-bond acceptors (Lipinski definition) is 4. The summed E-state index contributed by atoms with van der Waals surface area (Å²) in [7, 11) is -4.53. The number of sulfone groups is 1. The van der Waals surface area contributed by atoms with Gasteiger partial charge in [-0.15, -0.1) is 0 Å². The molecule has 0 spiro atoms. The second-order valence-corrected chi connectivity index (χ2v) is 6.79. The van der Waals surface area contributed by atoms with Crippen molar-refractivity contribution in [3.05, 3.63) is 24.3 Å². The number of halogens is 2. The van der Waals surface area contributed by atoms with Crippen LogP contribution >= 0.6 is 0 Å². The number of alkyl halides is 2. The van der Waals surface area contributed by atoms with Gasteiger partial charge in [-0.3, -0.25) is 0 Å². The van der Waals surface area contributed by atoms with E-state index in [4.69, 9.17) is 4.74 Å². The third kappa shape index (κ3) is 4.42. The molecule has 114 valence electrons. The van der Waals surface area contributed by atoms with E-state index in [0.29, 0.717) is 18.8 Å². The first-order valence-electron chi connectivity index (χ1n) is 6.19. The molecule has 0 bridgehead atoms. The van der Waals surface area contributed by atoms with Crippen molar-refractivity contribution in [1.29, 1.82) is 0 Å². The minimum Gasteiger partial charge on any atom is -0.382 e. The number of ether oxygens (including phenoxy) is 1. The van der Waals surface area contributed by atoms with Gasteiger partial charge in [0.25, 0.3) is 0 Å². The van der Waals surface area contributed by atoms with Crippen molar-refractivity contribution in [3.63, 3.8) is 0 Å². The standard InChI is InChI=1S/C13H19F2NO3S/c1-4-19-13(2,3)9-16-10-5-7-11(8-6-10)20(17,18)12(14)15/h5-8,12,16H,4,9H2,1-3H3. The van der Waals surface area contributed by atoms with E-state index in [-0.39, 0.29) is 10.5 Å². The average molecular weight is 307 g/mol. The predicted molar refractivity (Wildman–Crippen MR) is 73.8 cm³/mol. The van der Waals surface area contributed by atoms with Gasteiger partial charge in [-0.1, -0.05) is 0 Å². The minimum absolute atomic E-state index is 0.373. The van der Waals surface area contributed by atoms with Crippen molar-refractivity contribution < 1.29 is 21.9 Å². The lowest BCUT2D eigenvalue weighted by Gasteiger charge is -2.25. The Kier molecular flexibility index (Phi) is 5.47. The topological polar surface area (TPSA) is 55.4 Å². The molecule has 20 heavy (non-hydrogen) atoms. The Labute approximate surface area is 118 Å². The summed E-state index contributed by atoms with van der Waals surface area (Å²) in [5, 5.41) is 3.07. The zero-order chi connectivity index (χ0) is 15.4. The first kappa shape index (κ1) is 16.8. The molecular weight excluding hydrogens is 288 g/mol. The number of hydrogen-bond donors (Lipinski definition) is 1. The zero-order valence-corrected chi connectivity index (χ0v) is 12.5. The fourth-order valence-electron chi connectivity index (χ4n) is 1.62. The van der Waals surface area contributed by atoms with Crippen LogP contribution in [0.3, 0.4) is 0 Å². The Morgan fingerprint density at radius 1 is 1.25 bits per heavy atom. The van der Waals surface area contributed by atoms with Crippen molar-refractivity contribution in [1.82, 2.24) is 0 Å². The van der Waals surface area contributed by atoms with Crippen molar-refractivity contribution in [2.24, 2.45) is 0 Å². The van der Waals surface area contributed by atoms with E-state index in [1.165, 1.54) is 12.1 Å². The van der Waals surface area contributed by atoms with E-state index < -0.39 is 15.6 Å². The Balaban J connectivity index is 2.74. The van der Waals surface area contributed by atoms with Crippen molar-refractivity contribution in [2.45, 2.75) is 37.0 Å². The lowest BCUT2D eigenvalue weighted by molar-refractivity contribution is 0.000696. The smallest absolute Gasteiger partial charge is 0.341 e. The Hall–Kier alpha value is -1.21. The summed E-state index contributed by atoms with van der Waals surface area (Å²) in [5.41, 5.74) is 0.272. The zero-order valence-electron chi connectivity index (χ0n) is 11.7. The molecule has 7 heteroatoms. The maximum Gasteiger partial charge on any atom is 0.341 e. The third-order valence-corrected chi connectivity index (χ3v) is 4.07. The summed E-state index contributed by atoms with van der Waals surface area (Å²) in [4.78, 5) is -0.387. The molecule has 0 aromatic heterocycles. The Bertz CT molecular complexity index is 527. The predicted octanol–water partition coefficient (Wildman–Crippen LogP) is 2.91. The van der Waals surface area contributed by atoms with Crippen LogP contribution in [0, 0.1) is 0 Å². The first-order valence-corrected chi connectivity index (χ1v) is 7.73. The summed E-state index contributed by atoms with van der Waals surface area (Å²) in [6.07, 6.45) is 0. The van der Waals surface area contributed by atoms with Crippen molar-refractivity contribution in [3.8, 4) is 0 Å². The molecule has 0 amide bonds. The molecule has 0 fully saturated rings. The average Bonchev–Trinajstić information content (AvgIpc) is 2.37. The number of rotatable bonds is 7. The highest BCUT2D eigenvalue weighted by atomic mass is 32.2. The molecule has 0 heterocycles. The first-order chi connectivity index (χ1) is 9.19. The maximum atomic E-state index is 12.4. The molecule has 0 atom stereocenters. The van der Waals surface area contributed by atoms with E-state index in [1.54, 1.807) is 0 Å². The number of benzene rings is 1. The molecule has 0 unspecified atom stereocenters. The van der Waals surface area contributed by atoms with Crippen molar-refractivity contribution >= 4 is 15.5 Å². The van der Waals surface area contributed by atoms with E-state index in [0.717, 1.165) is 12.1 Å². The quantitative estimate of drug-likeness (QED) is 0.841. The molecule has 0 aliphatic rings. The fraction of sp³-hybridized carbons (Fsp3) is 0.538. The SMILES string of the molecule is CCOC(C)(C)CNc1ccc(S(=O)(=O)C(F)F)cc1. The fourth-order valence-corrected chi connectivity index (χ4v) is 2.34. The highest BCUT2D eigenvalue weighted by molar-refractivity contribution is 7.91. The Morgan fingerprint density at radius 3 is 2.25 bits per heavy atom. The maximum absolute atomic E-state index is 12.4. The Morgan fingerprint density at radius 2 is 1.80 bits per heavy atom. The van der Waals surface area contributed by atoms with Crippen LogP contribution in [0.15, 0.2) is 29.2 Å². The second kappa shape index (κ2) is 6.49. The van der Waals surface area contributed by atoms with Crippen molar-refractivity contribution in [2.75, 3.05) is 18.5 Å². The van der Waals surface area contributed by atoms with E-state index >= 15 is 0 Å². The summed E-state index contributed by atoms with van der Waals surface area (Å²) >= 11 is 0. The normalized spacial score (nSPS) is 12.7. The second-order valence-electron chi connectivity index (χ2n) is 4.88. The van der Waals surface area contributed by atoms with Gasteiger partial charge in [-0.25, -0.2) is 8.42 Å². The van der Waals surface area contributed by atoms with Gasteiger partial charge in [0.1, 0.15) is 0 Å². The highest BCUT2D eigenvalue weighted by Gasteiger charge is 2.26. The molecule has 1 rings (SSSR count). The minimum atomic E-state index is -4.53. The van der Waals surface area contributed by atoms with Gasteiger partial charge in [0.15, 0.2) is 0 Å². The van der Waals surface area contributed by atoms with Crippen LogP contribution < -0.4 is 5.32 Å². The monoisotopic (exact) mass is 307 g/mol. The summed E-state index contributed by atoms with van der Waals surface area (Å²) in [5.74, 6) is -3.40. The largest absolute Gasteiger partial charge is 0.382 e. The molecular formula is C13H19F2NO3S. The lowest BCUT2D eigenvalue weighted by Crippen LogP contribution is -2.33. The van der Waals surface area contributed by atoms with Gasteiger partial charge in [-0.2, -0.15) is 8.78 Å². The summed E-state index contributed by atoms with van der Waals surface area (Å²) < 4.78 is 52.7. The van der Waals surface area contributed by atoms with Crippen LogP contribution in [0.2, 0.25) is 0 Å². The van der Waals surface area contributed by atoms with Gasteiger partial charge < -0.3 is 10.1 Å². The third-order valence-electron chi connectivity index (χ3n) is 2.67. The molecule has 1 N–H and O–H groups in total. The van der Waals surface area contributed by atoms with Crippen LogP contribution in [0.1, 0.15) is 20.8 Å². The van der Waals surface area contributed by atoms with Gasteiger partial charge in [0, 0.05) is 18.8 Å². The summed E-state index contributed by atoms with van der Waals surface area (Å²) in [6, 6.07) is 5.24. The highest BCUT2D eigenvalue weighted by Crippen LogP contribution is 2.20. The van der Waals surface area contributed by atoms with E-state index in [9.17, 15) is 17.2 Å². The van der Waals surface area contributed by atoms with E-state index in [2.05, 4.69) is 5.32 Å². The van der Waals surface area contributed by atoms with Gasteiger partial charge in [0.05, 0.1) is 10.5 Å².